The molecule has 1 heterocycles. The summed E-state index contributed by atoms with van der Waals surface area (Å²) in [6, 6.07) is 7.40. The van der Waals surface area contributed by atoms with Crippen molar-refractivity contribution in [1.29, 1.82) is 0 Å². The van der Waals surface area contributed by atoms with E-state index in [0.29, 0.717) is 5.95 Å². The van der Waals surface area contributed by atoms with E-state index < -0.39 is 6.04 Å². The van der Waals surface area contributed by atoms with Crippen molar-refractivity contribution in [1.82, 2.24) is 9.55 Å². The van der Waals surface area contributed by atoms with E-state index in [1.165, 1.54) is 0 Å². The van der Waals surface area contributed by atoms with E-state index in [9.17, 15) is 4.79 Å². The number of para-hydroxylation sites is 2. The number of imidazole rings is 1. The van der Waals surface area contributed by atoms with Crippen molar-refractivity contribution in [2.75, 3.05) is 11.9 Å². The van der Waals surface area contributed by atoms with Gasteiger partial charge in [0.25, 0.3) is 0 Å². The smallest absolute Gasteiger partial charge is 0.329 e. The molecule has 0 saturated heterocycles. The summed E-state index contributed by atoms with van der Waals surface area (Å²) in [5, 5.41) is 3.29. The fourth-order valence-electron chi connectivity index (χ4n) is 2.23. The number of anilines is 1. The van der Waals surface area contributed by atoms with Gasteiger partial charge < -0.3 is 10.1 Å². The summed E-state index contributed by atoms with van der Waals surface area (Å²) in [5.74, 6) is 0.471. The Balaban J connectivity index is 2.41. The number of esters is 1. The topological polar surface area (TPSA) is 56.2 Å². The molecule has 0 spiro atoms. The number of hydrogen-bond acceptors (Lipinski definition) is 4. The fraction of sp³-hybridized carbons (Fsp3) is 0.500. The maximum absolute atomic E-state index is 12.2. The molecule has 5 heteroatoms. The maximum Gasteiger partial charge on any atom is 0.329 e. The number of hydrogen-bond donors (Lipinski definition) is 1. The third-order valence-corrected chi connectivity index (χ3v) is 3.21. The molecule has 1 atom stereocenters. The molecule has 114 valence electrons. The van der Waals surface area contributed by atoms with Crippen molar-refractivity contribution >= 4 is 23.0 Å². The molecule has 0 aliphatic heterocycles. The van der Waals surface area contributed by atoms with E-state index in [0.717, 1.165) is 24.0 Å². The first kappa shape index (κ1) is 15.4. The number of aromatic nitrogens is 2. The van der Waals surface area contributed by atoms with Crippen LogP contribution in [0.15, 0.2) is 24.3 Å². The molecule has 2 aromatic rings. The summed E-state index contributed by atoms with van der Waals surface area (Å²) >= 11 is 0. The molecule has 1 aromatic heterocycles. The summed E-state index contributed by atoms with van der Waals surface area (Å²) in [7, 11) is 0. The van der Waals surface area contributed by atoms with Gasteiger partial charge in [0.15, 0.2) is 0 Å². The van der Waals surface area contributed by atoms with Crippen LogP contribution in [0.25, 0.3) is 11.0 Å². The van der Waals surface area contributed by atoms with Gasteiger partial charge in [0, 0.05) is 6.54 Å². The number of benzene rings is 1. The summed E-state index contributed by atoms with van der Waals surface area (Å²) in [6.45, 7) is 8.46. The highest BCUT2D eigenvalue weighted by molar-refractivity contribution is 5.83. The van der Waals surface area contributed by atoms with Crippen molar-refractivity contribution in [2.45, 2.75) is 46.3 Å². The van der Waals surface area contributed by atoms with Crippen LogP contribution in [-0.4, -0.2) is 28.2 Å². The second-order valence-corrected chi connectivity index (χ2v) is 5.38. The van der Waals surface area contributed by atoms with Crippen LogP contribution < -0.4 is 5.32 Å². The molecule has 0 bridgehead atoms. The summed E-state index contributed by atoms with van der Waals surface area (Å²) in [4.78, 5) is 16.8. The molecule has 21 heavy (non-hydrogen) atoms. The second-order valence-electron chi connectivity index (χ2n) is 5.38. The minimum Gasteiger partial charge on any atom is -0.461 e. The van der Waals surface area contributed by atoms with Gasteiger partial charge in [-0.05, 0) is 39.3 Å². The molecule has 1 unspecified atom stereocenters. The maximum atomic E-state index is 12.2. The van der Waals surface area contributed by atoms with Crippen LogP contribution in [0.2, 0.25) is 0 Å². The van der Waals surface area contributed by atoms with E-state index >= 15 is 0 Å². The predicted octanol–water partition coefficient (Wildman–Crippen LogP) is 3.37. The van der Waals surface area contributed by atoms with Gasteiger partial charge in [-0.2, -0.15) is 0 Å². The van der Waals surface area contributed by atoms with Crippen LogP contribution >= 0.6 is 0 Å². The Morgan fingerprint density at radius 2 is 2.05 bits per heavy atom. The lowest BCUT2D eigenvalue weighted by molar-refractivity contribution is -0.150. The molecule has 0 saturated carbocycles. The lowest BCUT2D eigenvalue weighted by atomic mass is 10.2. The fourth-order valence-corrected chi connectivity index (χ4v) is 2.23. The van der Waals surface area contributed by atoms with Crippen LogP contribution in [0.5, 0.6) is 0 Å². The number of rotatable bonds is 6. The van der Waals surface area contributed by atoms with Gasteiger partial charge in [-0.3, -0.25) is 4.57 Å². The van der Waals surface area contributed by atoms with Crippen LogP contribution in [-0.2, 0) is 9.53 Å². The third kappa shape index (κ3) is 3.35. The normalized spacial score (nSPS) is 12.6. The number of ether oxygens (including phenoxy) is 1. The third-order valence-electron chi connectivity index (χ3n) is 3.21. The number of fused-ring (bicyclic) bond motifs is 1. The number of carbonyl (C=O) groups excluding carboxylic acids is 1. The van der Waals surface area contributed by atoms with Crippen molar-refractivity contribution in [3.8, 4) is 0 Å². The summed E-state index contributed by atoms with van der Waals surface area (Å²) in [5.41, 5.74) is 1.81. The van der Waals surface area contributed by atoms with Crippen LogP contribution in [0.3, 0.4) is 0 Å². The first-order chi connectivity index (χ1) is 10.0. The monoisotopic (exact) mass is 289 g/mol. The minimum absolute atomic E-state index is 0.123. The zero-order valence-corrected chi connectivity index (χ0v) is 13.1. The molecule has 0 aliphatic carbocycles. The van der Waals surface area contributed by atoms with Gasteiger partial charge in [-0.1, -0.05) is 19.1 Å². The minimum atomic E-state index is -0.417. The first-order valence-electron chi connectivity index (χ1n) is 7.46. The van der Waals surface area contributed by atoms with Crippen molar-refractivity contribution in [2.24, 2.45) is 0 Å². The molecule has 0 aliphatic rings. The van der Waals surface area contributed by atoms with E-state index in [4.69, 9.17) is 4.74 Å². The SMILES string of the molecule is CCCNc1nc2ccccc2n1C(C)C(=O)OC(C)C. The molecular weight excluding hydrogens is 266 g/mol. The first-order valence-corrected chi connectivity index (χ1v) is 7.46. The molecule has 5 nitrogen and oxygen atoms in total. The van der Waals surface area contributed by atoms with Crippen molar-refractivity contribution in [3.05, 3.63) is 24.3 Å². The van der Waals surface area contributed by atoms with E-state index in [1.54, 1.807) is 0 Å². The zero-order valence-electron chi connectivity index (χ0n) is 13.1. The molecule has 1 N–H and O–H groups in total. The van der Waals surface area contributed by atoms with Crippen molar-refractivity contribution < 1.29 is 9.53 Å². The van der Waals surface area contributed by atoms with Crippen molar-refractivity contribution in [3.63, 3.8) is 0 Å². The van der Waals surface area contributed by atoms with Gasteiger partial charge in [-0.15, -0.1) is 0 Å². The standard InChI is InChI=1S/C16H23N3O2/c1-5-10-17-16-18-13-8-6-7-9-14(13)19(16)12(4)15(20)21-11(2)3/h6-9,11-12H,5,10H2,1-4H3,(H,17,18). The zero-order chi connectivity index (χ0) is 15.4. The molecule has 0 fully saturated rings. The Morgan fingerprint density at radius 3 is 2.71 bits per heavy atom. The summed E-state index contributed by atoms with van der Waals surface area (Å²) in [6.07, 6.45) is 0.871. The van der Waals surface area contributed by atoms with Crippen LogP contribution in [0.4, 0.5) is 5.95 Å². The van der Waals surface area contributed by atoms with E-state index in [-0.39, 0.29) is 12.1 Å². The lowest BCUT2D eigenvalue weighted by Gasteiger charge is -2.18. The lowest BCUT2D eigenvalue weighted by Crippen LogP contribution is -2.23. The number of nitrogens with one attached hydrogen (secondary N) is 1. The Bertz CT molecular complexity index is 619. The van der Waals surface area contributed by atoms with Gasteiger partial charge in [-0.25, -0.2) is 9.78 Å². The second kappa shape index (κ2) is 6.61. The van der Waals surface area contributed by atoms with E-state index in [1.807, 2.05) is 49.6 Å². The largest absolute Gasteiger partial charge is 0.461 e. The Morgan fingerprint density at radius 1 is 1.33 bits per heavy atom. The van der Waals surface area contributed by atoms with Gasteiger partial charge >= 0.3 is 5.97 Å². The molecule has 2 rings (SSSR count). The molecule has 0 amide bonds. The summed E-state index contributed by atoms with van der Waals surface area (Å²) < 4.78 is 7.24. The van der Waals surface area contributed by atoms with Gasteiger partial charge in [0.05, 0.1) is 17.1 Å². The Hall–Kier alpha value is -2.04. The van der Waals surface area contributed by atoms with Crippen LogP contribution in [0, 0.1) is 0 Å². The molecular formula is C16H23N3O2. The number of carbonyl (C=O) groups is 1. The highest BCUT2D eigenvalue weighted by atomic mass is 16.5. The van der Waals surface area contributed by atoms with E-state index in [2.05, 4.69) is 17.2 Å². The quantitative estimate of drug-likeness (QED) is 0.828. The Labute approximate surface area is 125 Å². The molecule has 1 aromatic carbocycles. The highest BCUT2D eigenvalue weighted by Crippen LogP contribution is 2.25. The number of nitrogens with zero attached hydrogens (tertiary/aromatic N) is 2. The van der Waals surface area contributed by atoms with Gasteiger partial charge in [0.1, 0.15) is 6.04 Å². The Kier molecular flexibility index (Phi) is 4.83. The molecule has 0 radical (unpaired) electrons. The van der Waals surface area contributed by atoms with Crippen LogP contribution in [0.1, 0.15) is 40.2 Å². The average molecular weight is 289 g/mol. The average Bonchev–Trinajstić information content (AvgIpc) is 2.81. The highest BCUT2D eigenvalue weighted by Gasteiger charge is 2.23. The predicted molar refractivity (Wildman–Crippen MR) is 84.5 cm³/mol. The van der Waals surface area contributed by atoms with Gasteiger partial charge in [0.2, 0.25) is 5.95 Å².